The monoisotopic (exact) mass is 334 g/mol. The molecule has 25 heavy (non-hydrogen) atoms. The number of nitrogens with zero attached hydrogens (tertiary/aromatic N) is 1. The molecule has 0 aromatic heterocycles. The molecule has 0 heterocycles. The van der Waals surface area contributed by atoms with Gasteiger partial charge in [0.2, 0.25) is 0 Å². The number of carboxylic acids is 1. The summed E-state index contributed by atoms with van der Waals surface area (Å²) in [6.07, 6.45) is 1.70. The van der Waals surface area contributed by atoms with E-state index in [0.717, 1.165) is 22.1 Å². The Balaban J connectivity index is 1.91. The Bertz CT molecular complexity index is 935. The molecule has 126 valence electrons. The van der Waals surface area contributed by atoms with E-state index in [9.17, 15) is 4.79 Å². The summed E-state index contributed by atoms with van der Waals surface area (Å²) in [5.74, 6) is -0.216. The van der Waals surface area contributed by atoms with Crippen LogP contribution in [-0.2, 0) is 0 Å². The number of hydrogen-bond acceptors (Lipinski definition) is 4. The van der Waals surface area contributed by atoms with E-state index in [4.69, 9.17) is 9.84 Å². The third kappa shape index (κ3) is 3.77. The summed E-state index contributed by atoms with van der Waals surface area (Å²) in [6, 6.07) is 18.5. The van der Waals surface area contributed by atoms with Gasteiger partial charge in [0.05, 0.1) is 24.1 Å². The SMILES string of the molecule is CCOc1ccc2ccccc2c1/C=N/Nc1cccc(C(=O)O)c1. The van der Waals surface area contributed by atoms with Crippen molar-refractivity contribution in [3.8, 4) is 5.75 Å². The van der Waals surface area contributed by atoms with E-state index in [0.29, 0.717) is 12.3 Å². The van der Waals surface area contributed by atoms with E-state index in [2.05, 4.69) is 10.5 Å². The van der Waals surface area contributed by atoms with Gasteiger partial charge in [-0.3, -0.25) is 5.43 Å². The van der Waals surface area contributed by atoms with Crippen molar-refractivity contribution >= 4 is 28.6 Å². The van der Waals surface area contributed by atoms with Crippen molar-refractivity contribution in [1.29, 1.82) is 0 Å². The van der Waals surface area contributed by atoms with Crippen LogP contribution in [0.2, 0.25) is 0 Å². The fraction of sp³-hybridized carbons (Fsp3) is 0.100. The second-order valence-electron chi connectivity index (χ2n) is 5.39. The minimum atomic E-state index is -0.972. The molecular formula is C20H18N2O3. The lowest BCUT2D eigenvalue weighted by molar-refractivity contribution is 0.0697. The number of nitrogens with one attached hydrogen (secondary N) is 1. The molecule has 3 aromatic rings. The number of anilines is 1. The van der Waals surface area contributed by atoms with Gasteiger partial charge in [-0.15, -0.1) is 0 Å². The van der Waals surface area contributed by atoms with Gasteiger partial charge in [0.25, 0.3) is 0 Å². The molecule has 0 saturated carbocycles. The molecule has 0 atom stereocenters. The summed E-state index contributed by atoms with van der Waals surface area (Å²) in [6.45, 7) is 2.50. The summed E-state index contributed by atoms with van der Waals surface area (Å²) in [5.41, 5.74) is 4.56. The summed E-state index contributed by atoms with van der Waals surface area (Å²) in [7, 11) is 0. The van der Waals surface area contributed by atoms with Gasteiger partial charge >= 0.3 is 5.97 Å². The zero-order valence-electron chi connectivity index (χ0n) is 13.8. The van der Waals surface area contributed by atoms with Gasteiger partial charge in [-0.2, -0.15) is 5.10 Å². The second kappa shape index (κ2) is 7.49. The Morgan fingerprint density at radius 1 is 1.16 bits per heavy atom. The maximum absolute atomic E-state index is 11.0. The lowest BCUT2D eigenvalue weighted by atomic mass is 10.0. The lowest BCUT2D eigenvalue weighted by Gasteiger charge is -2.10. The summed E-state index contributed by atoms with van der Waals surface area (Å²) in [4.78, 5) is 11.0. The molecule has 0 unspecified atom stereocenters. The Morgan fingerprint density at radius 2 is 2.00 bits per heavy atom. The number of hydrogen-bond donors (Lipinski definition) is 2. The second-order valence-corrected chi connectivity index (χ2v) is 5.39. The number of carboxylic acid groups (broad SMARTS) is 1. The first-order valence-corrected chi connectivity index (χ1v) is 7.96. The molecular weight excluding hydrogens is 316 g/mol. The Kier molecular flexibility index (Phi) is 4.95. The average molecular weight is 334 g/mol. The van der Waals surface area contributed by atoms with Crippen molar-refractivity contribution in [3.63, 3.8) is 0 Å². The molecule has 0 aliphatic carbocycles. The van der Waals surface area contributed by atoms with Gasteiger partial charge in [-0.1, -0.05) is 36.4 Å². The predicted molar refractivity (Wildman–Crippen MR) is 99.7 cm³/mol. The van der Waals surface area contributed by atoms with Crippen LogP contribution < -0.4 is 10.2 Å². The highest BCUT2D eigenvalue weighted by molar-refractivity contribution is 6.02. The maximum Gasteiger partial charge on any atom is 0.335 e. The minimum absolute atomic E-state index is 0.209. The average Bonchev–Trinajstić information content (AvgIpc) is 2.63. The summed E-state index contributed by atoms with van der Waals surface area (Å²) in [5, 5.41) is 15.4. The van der Waals surface area contributed by atoms with Crippen molar-refractivity contribution in [1.82, 2.24) is 0 Å². The van der Waals surface area contributed by atoms with Crippen molar-refractivity contribution in [3.05, 3.63) is 71.8 Å². The summed E-state index contributed by atoms with van der Waals surface area (Å²) < 4.78 is 5.70. The molecule has 0 bridgehead atoms. The Morgan fingerprint density at radius 3 is 2.80 bits per heavy atom. The normalized spacial score (nSPS) is 10.9. The first-order chi connectivity index (χ1) is 12.2. The quantitative estimate of drug-likeness (QED) is 0.518. The van der Waals surface area contributed by atoms with Crippen molar-refractivity contribution in [2.24, 2.45) is 5.10 Å². The van der Waals surface area contributed by atoms with Gasteiger partial charge in [0.15, 0.2) is 0 Å². The number of carbonyl (C=O) groups is 1. The Labute approximate surface area is 145 Å². The van der Waals surface area contributed by atoms with Gasteiger partial charge < -0.3 is 9.84 Å². The Hall–Kier alpha value is -3.34. The molecule has 5 nitrogen and oxygen atoms in total. The van der Waals surface area contributed by atoms with Crippen LogP contribution in [0.15, 0.2) is 65.8 Å². The van der Waals surface area contributed by atoms with Crippen LogP contribution in [-0.4, -0.2) is 23.9 Å². The molecule has 5 heteroatoms. The number of benzene rings is 3. The van der Waals surface area contributed by atoms with E-state index in [1.807, 2.05) is 43.3 Å². The molecule has 0 amide bonds. The van der Waals surface area contributed by atoms with Crippen LogP contribution in [0.5, 0.6) is 5.75 Å². The molecule has 0 aliphatic heterocycles. The number of hydrazone groups is 1. The molecule has 0 saturated heterocycles. The van der Waals surface area contributed by atoms with Crippen molar-refractivity contribution in [2.45, 2.75) is 6.92 Å². The molecule has 0 fully saturated rings. The highest BCUT2D eigenvalue weighted by atomic mass is 16.5. The van der Waals surface area contributed by atoms with Gasteiger partial charge in [0, 0.05) is 5.56 Å². The van der Waals surface area contributed by atoms with Crippen molar-refractivity contribution < 1.29 is 14.6 Å². The predicted octanol–water partition coefficient (Wildman–Crippen LogP) is 4.38. The van der Waals surface area contributed by atoms with E-state index in [1.54, 1.807) is 18.3 Å². The zero-order valence-corrected chi connectivity index (χ0v) is 13.8. The van der Waals surface area contributed by atoms with Gasteiger partial charge in [-0.05, 0) is 42.0 Å². The van der Waals surface area contributed by atoms with Crippen LogP contribution >= 0.6 is 0 Å². The lowest BCUT2D eigenvalue weighted by Crippen LogP contribution is -1.99. The van der Waals surface area contributed by atoms with Gasteiger partial charge in [0.1, 0.15) is 5.75 Å². The maximum atomic E-state index is 11.0. The van der Waals surface area contributed by atoms with Crippen LogP contribution in [0.4, 0.5) is 5.69 Å². The van der Waals surface area contributed by atoms with Crippen molar-refractivity contribution in [2.75, 3.05) is 12.0 Å². The largest absolute Gasteiger partial charge is 0.493 e. The van der Waals surface area contributed by atoms with E-state index in [-0.39, 0.29) is 5.56 Å². The summed E-state index contributed by atoms with van der Waals surface area (Å²) >= 11 is 0. The third-order valence-corrected chi connectivity index (χ3v) is 3.73. The molecule has 3 rings (SSSR count). The topological polar surface area (TPSA) is 70.9 Å². The standard InChI is InChI=1S/C20H18N2O3/c1-2-25-19-11-10-14-6-3-4-9-17(14)18(19)13-21-22-16-8-5-7-15(12-16)20(23)24/h3-13,22H,2H2,1H3,(H,23,24)/b21-13+. The smallest absolute Gasteiger partial charge is 0.335 e. The molecule has 0 spiro atoms. The number of aromatic carboxylic acids is 1. The zero-order chi connectivity index (χ0) is 17.6. The first-order valence-electron chi connectivity index (χ1n) is 7.96. The van der Waals surface area contributed by atoms with E-state index >= 15 is 0 Å². The molecule has 0 aliphatic rings. The van der Waals surface area contributed by atoms with Crippen LogP contribution in [0, 0.1) is 0 Å². The number of rotatable bonds is 6. The third-order valence-electron chi connectivity index (χ3n) is 3.73. The van der Waals surface area contributed by atoms with Crippen LogP contribution in [0.1, 0.15) is 22.8 Å². The highest BCUT2D eigenvalue weighted by Crippen LogP contribution is 2.26. The van der Waals surface area contributed by atoms with E-state index < -0.39 is 5.97 Å². The highest BCUT2D eigenvalue weighted by Gasteiger charge is 2.07. The minimum Gasteiger partial charge on any atom is -0.493 e. The molecule has 3 aromatic carbocycles. The molecule has 2 N–H and O–H groups in total. The first kappa shape index (κ1) is 16.5. The van der Waals surface area contributed by atoms with Crippen LogP contribution in [0.25, 0.3) is 10.8 Å². The fourth-order valence-electron chi connectivity index (χ4n) is 2.58. The molecule has 0 radical (unpaired) electrons. The number of ether oxygens (including phenoxy) is 1. The van der Waals surface area contributed by atoms with Gasteiger partial charge in [-0.25, -0.2) is 4.79 Å². The van der Waals surface area contributed by atoms with Crippen LogP contribution in [0.3, 0.4) is 0 Å². The fourth-order valence-corrected chi connectivity index (χ4v) is 2.58. The van der Waals surface area contributed by atoms with E-state index in [1.165, 1.54) is 12.1 Å². The number of fused-ring (bicyclic) bond motifs is 1.